The third kappa shape index (κ3) is 1.47. The quantitative estimate of drug-likeness (QED) is 0.648. The Bertz CT molecular complexity index is 247. The first-order valence-electron chi connectivity index (χ1n) is 4.28. The number of nitrogens with zero attached hydrogens (tertiary/aromatic N) is 1. The maximum absolute atomic E-state index is 4.29. The minimum Gasteiger partial charge on any atom is -0.260 e. The lowest BCUT2D eigenvalue weighted by atomic mass is 10.1. The van der Waals surface area contributed by atoms with Gasteiger partial charge in [-0.3, -0.25) is 10.4 Å². The van der Waals surface area contributed by atoms with Crippen LogP contribution in [0.3, 0.4) is 0 Å². The number of hydrogen-bond donors (Lipinski definition) is 2. The van der Waals surface area contributed by atoms with Gasteiger partial charge in [-0.1, -0.05) is 6.07 Å². The van der Waals surface area contributed by atoms with Gasteiger partial charge in [0.1, 0.15) is 0 Å². The number of rotatable bonds is 1. The summed E-state index contributed by atoms with van der Waals surface area (Å²) < 4.78 is 0. The molecule has 2 rings (SSSR count). The van der Waals surface area contributed by atoms with E-state index in [1.165, 1.54) is 0 Å². The number of hydrogen-bond acceptors (Lipinski definition) is 3. The Morgan fingerprint density at radius 2 is 2.33 bits per heavy atom. The Balaban J connectivity index is 2.11. The normalized spacial score (nSPS) is 29.1. The fourth-order valence-corrected chi connectivity index (χ4v) is 1.49. The molecule has 1 fully saturated rings. The van der Waals surface area contributed by atoms with E-state index in [1.54, 1.807) is 0 Å². The van der Waals surface area contributed by atoms with Crippen molar-refractivity contribution in [2.24, 2.45) is 0 Å². The minimum atomic E-state index is 0.376. The molecule has 64 valence electrons. The molecule has 2 heterocycles. The lowest BCUT2D eigenvalue weighted by Crippen LogP contribution is -2.29. The number of hydrazine groups is 1. The van der Waals surface area contributed by atoms with Gasteiger partial charge in [-0.15, -0.1) is 0 Å². The van der Waals surface area contributed by atoms with Gasteiger partial charge in [0.2, 0.25) is 0 Å². The van der Waals surface area contributed by atoms with E-state index in [9.17, 15) is 0 Å². The first-order chi connectivity index (χ1) is 5.86. The van der Waals surface area contributed by atoms with E-state index in [-0.39, 0.29) is 0 Å². The van der Waals surface area contributed by atoms with Crippen molar-refractivity contribution in [3.8, 4) is 0 Å². The summed E-state index contributed by atoms with van der Waals surface area (Å²) in [5, 5.41) is 0. The topological polar surface area (TPSA) is 37.0 Å². The maximum atomic E-state index is 4.29. The van der Waals surface area contributed by atoms with E-state index in [0.29, 0.717) is 12.1 Å². The third-order valence-electron chi connectivity index (χ3n) is 2.14. The smallest absolute Gasteiger partial charge is 0.0649 e. The molecule has 2 N–H and O–H groups in total. The van der Waals surface area contributed by atoms with Crippen molar-refractivity contribution < 1.29 is 0 Å². The van der Waals surface area contributed by atoms with Crippen LogP contribution in [0.25, 0.3) is 0 Å². The van der Waals surface area contributed by atoms with Crippen LogP contribution in [0.15, 0.2) is 24.4 Å². The molecule has 0 spiro atoms. The van der Waals surface area contributed by atoms with E-state index in [2.05, 4.69) is 28.8 Å². The van der Waals surface area contributed by atoms with E-state index in [1.807, 2.05) is 18.3 Å². The highest BCUT2D eigenvalue weighted by atomic mass is 15.4. The molecule has 1 aromatic heterocycles. The fraction of sp³-hybridized carbons (Fsp3) is 0.444. The largest absolute Gasteiger partial charge is 0.260 e. The monoisotopic (exact) mass is 163 g/mol. The zero-order valence-electron chi connectivity index (χ0n) is 7.12. The Kier molecular flexibility index (Phi) is 2.06. The molecule has 0 aromatic carbocycles. The van der Waals surface area contributed by atoms with Crippen LogP contribution in [-0.2, 0) is 0 Å². The van der Waals surface area contributed by atoms with Crippen molar-refractivity contribution >= 4 is 0 Å². The molecule has 0 saturated carbocycles. The first-order valence-corrected chi connectivity index (χ1v) is 4.28. The van der Waals surface area contributed by atoms with Gasteiger partial charge < -0.3 is 0 Å². The lowest BCUT2D eigenvalue weighted by Gasteiger charge is -2.06. The van der Waals surface area contributed by atoms with Crippen LogP contribution in [0.5, 0.6) is 0 Å². The fourth-order valence-electron chi connectivity index (χ4n) is 1.49. The van der Waals surface area contributed by atoms with Crippen LogP contribution in [0.4, 0.5) is 0 Å². The van der Waals surface area contributed by atoms with Crippen LogP contribution < -0.4 is 10.9 Å². The summed E-state index contributed by atoms with van der Waals surface area (Å²) in [5.74, 6) is 0. The second-order valence-electron chi connectivity index (χ2n) is 3.23. The summed E-state index contributed by atoms with van der Waals surface area (Å²) in [4.78, 5) is 4.29. The van der Waals surface area contributed by atoms with Gasteiger partial charge in [0, 0.05) is 12.2 Å². The van der Waals surface area contributed by atoms with Gasteiger partial charge in [-0.05, 0) is 25.5 Å². The second-order valence-corrected chi connectivity index (χ2v) is 3.23. The molecule has 1 aliphatic heterocycles. The van der Waals surface area contributed by atoms with Crippen LogP contribution in [0, 0.1) is 0 Å². The van der Waals surface area contributed by atoms with Crippen LogP contribution >= 0.6 is 0 Å². The van der Waals surface area contributed by atoms with Gasteiger partial charge in [-0.2, -0.15) is 0 Å². The van der Waals surface area contributed by atoms with Crippen molar-refractivity contribution in [2.75, 3.05) is 0 Å². The van der Waals surface area contributed by atoms with Crippen molar-refractivity contribution in [3.05, 3.63) is 30.1 Å². The molecule has 0 amide bonds. The predicted octanol–water partition coefficient (Wildman–Crippen LogP) is 1.01. The van der Waals surface area contributed by atoms with Crippen molar-refractivity contribution in [1.82, 2.24) is 15.8 Å². The number of pyridine rings is 1. The standard InChI is InChI=1S/C9H13N3/c1-7-6-9(12-11-7)8-4-2-3-5-10-8/h2-5,7,9,11-12H,6H2,1H3. The number of nitrogens with one attached hydrogen (secondary N) is 2. The van der Waals surface area contributed by atoms with Crippen molar-refractivity contribution in [1.29, 1.82) is 0 Å². The van der Waals surface area contributed by atoms with Gasteiger partial charge in [-0.25, -0.2) is 5.43 Å². The van der Waals surface area contributed by atoms with Crippen molar-refractivity contribution in [3.63, 3.8) is 0 Å². The molecule has 3 heteroatoms. The van der Waals surface area contributed by atoms with Crippen LogP contribution in [0.1, 0.15) is 25.1 Å². The molecule has 3 nitrogen and oxygen atoms in total. The Labute approximate surface area is 72.2 Å². The highest BCUT2D eigenvalue weighted by Gasteiger charge is 2.21. The molecule has 1 aromatic rings. The summed E-state index contributed by atoms with van der Waals surface area (Å²) in [6, 6.07) is 6.93. The van der Waals surface area contributed by atoms with Crippen molar-refractivity contribution in [2.45, 2.75) is 25.4 Å². The molecule has 2 atom stereocenters. The number of aromatic nitrogens is 1. The van der Waals surface area contributed by atoms with Gasteiger partial charge in [0.25, 0.3) is 0 Å². The maximum Gasteiger partial charge on any atom is 0.0649 e. The first kappa shape index (κ1) is 7.71. The molecule has 0 radical (unpaired) electrons. The summed E-state index contributed by atoms with van der Waals surface area (Å²) in [5.41, 5.74) is 7.51. The highest BCUT2D eigenvalue weighted by molar-refractivity contribution is 5.10. The van der Waals surface area contributed by atoms with E-state index < -0.39 is 0 Å². The molecule has 0 aliphatic carbocycles. The summed E-state index contributed by atoms with van der Waals surface area (Å²) in [6.45, 7) is 2.16. The second kappa shape index (κ2) is 3.21. The molecular formula is C9H13N3. The van der Waals surface area contributed by atoms with E-state index in [4.69, 9.17) is 0 Å². The Morgan fingerprint density at radius 1 is 1.42 bits per heavy atom. The molecule has 2 unspecified atom stereocenters. The molecule has 0 bridgehead atoms. The zero-order chi connectivity index (χ0) is 8.39. The van der Waals surface area contributed by atoms with Crippen LogP contribution in [-0.4, -0.2) is 11.0 Å². The third-order valence-corrected chi connectivity index (χ3v) is 2.14. The molecular weight excluding hydrogens is 150 g/mol. The van der Waals surface area contributed by atoms with Crippen LogP contribution in [0.2, 0.25) is 0 Å². The average molecular weight is 163 g/mol. The SMILES string of the molecule is CC1CC(c2ccccn2)NN1. The zero-order valence-corrected chi connectivity index (χ0v) is 7.12. The highest BCUT2D eigenvalue weighted by Crippen LogP contribution is 2.18. The summed E-state index contributed by atoms with van der Waals surface area (Å²) >= 11 is 0. The van der Waals surface area contributed by atoms with E-state index >= 15 is 0 Å². The molecule has 1 aliphatic rings. The Morgan fingerprint density at radius 3 is 2.92 bits per heavy atom. The lowest BCUT2D eigenvalue weighted by molar-refractivity contribution is 0.553. The predicted molar refractivity (Wildman–Crippen MR) is 47.3 cm³/mol. The van der Waals surface area contributed by atoms with Gasteiger partial charge in [0.15, 0.2) is 0 Å². The van der Waals surface area contributed by atoms with E-state index in [0.717, 1.165) is 12.1 Å². The van der Waals surface area contributed by atoms with Gasteiger partial charge in [0.05, 0.1) is 11.7 Å². The molecule has 1 saturated heterocycles. The van der Waals surface area contributed by atoms with Gasteiger partial charge >= 0.3 is 0 Å². The molecule has 12 heavy (non-hydrogen) atoms. The average Bonchev–Trinajstić information content (AvgIpc) is 2.54. The summed E-state index contributed by atoms with van der Waals surface area (Å²) in [7, 11) is 0. The summed E-state index contributed by atoms with van der Waals surface area (Å²) in [6.07, 6.45) is 2.94. The Hall–Kier alpha value is -0.930. The minimum absolute atomic E-state index is 0.376.